The molecule has 128 valence electrons. The van der Waals surface area contributed by atoms with Gasteiger partial charge in [-0.15, -0.1) is 11.8 Å². The molecule has 2 aromatic carbocycles. The minimum Gasteiger partial charge on any atom is -0.310 e. The number of hydrogen-bond donors (Lipinski definition) is 2. The van der Waals surface area contributed by atoms with Crippen LogP contribution in [0.15, 0.2) is 59.5 Å². The molecular weight excluding hydrogens is 338 g/mol. The summed E-state index contributed by atoms with van der Waals surface area (Å²) in [5.41, 5.74) is 6.03. The van der Waals surface area contributed by atoms with Crippen LogP contribution in [0.25, 0.3) is 0 Å². The van der Waals surface area contributed by atoms with Gasteiger partial charge in [-0.2, -0.15) is 0 Å². The molecule has 1 aliphatic heterocycles. The van der Waals surface area contributed by atoms with E-state index in [4.69, 9.17) is 0 Å². The van der Waals surface area contributed by atoms with Gasteiger partial charge >= 0.3 is 0 Å². The summed E-state index contributed by atoms with van der Waals surface area (Å²) < 4.78 is 0. The number of nitrogens with zero attached hydrogens (tertiary/aromatic N) is 1. The molecule has 7 heteroatoms. The monoisotopic (exact) mass is 355 g/mol. The van der Waals surface area contributed by atoms with Crippen LogP contribution in [-0.2, 0) is 9.59 Å². The molecule has 0 radical (unpaired) electrons. The number of benzene rings is 2. The lowest BCUT2D eigenvalue weighted by Crippen LogP contribution is -2.44. The number of hydrogen-bond acceptors (Lipinski definition) is 4. The second kappa shape index (κ2) is 7.85. The number of anilines is 1. The molecule has 0 unspecified atom stereocenters. The molecular formula is C18H17N3O3S. The minimum absolute atomic E-state index is 0.0233. The molecule has 0 bridgehead atoms. The van der Waals surface area contributed by atoms with Gasteiger partial charge in [0, 0.05) is 23.4 Å². The largest absolute Gasteiger partial charge is 0.310 e. The average Bonchev–Trinajstić information content (AvgIpc) is 2.66. The van der Waals surface area contributed by atoms with Crippen molar-refractivity contribution in [3.8, 4) is 0 Å². The highest BCUT2D eigenvalue weighted by molar-refractivity contribution is 8.00. The molecule has 0 aromatic heterocycles. The van der Waals surface area contributed by atoms with Crippen molar-refractivity contribution < 1.29 is 14.4 Å². The van der Waals surface area contributed by atoms with Gasteiger partial charge < -0.3 is 4.90 Å². The van der Waals surface area contributed by atoms with E-state index in [-0.39, 0.29) is 30.7 Å². The third-order valence-electron chi connectivity index (χ3n) is 3.72. The maximum absolute atomic E-state index is 12.1. The Balaban J connectivity index is 1.53. The van der Waals surface area contributed by atoms with Crippen molar-refractivity contribution in [3.05, 3.63) is 60.2 Å². The maximum atomic E-state index is 12.1. The van der Waals surface area contributed by atoms with Crippen LogP contribution in [0.5, 0.6) is 0 Å². The molecule has 0 aliphatic carbocycles. The summed E-state index contributed by atoms with van der Waals surface area (Å²) in [7, 11) is 0. The predicted octanol–water partition coefficient (Wildman–Crippen LogP) is 1.98. The molecule has 2 N–H and O–H groups in total. The Kier molecular flexibility index (Phi) is 5.35. The van der Waals surface area contributed by atoms with Crippen LogP contribution < -0.4 is 15.8 Å². The summed E-state index contributed by atoms with van der Waals surface area (Å²) in [5.74, 6) is -0.397. The fourth-order valence-electron chi connectivity index (χ4n) is 2.46. The van der Waals surface area contributed by atoms with E-state index in [1.807, 2.05) is 24.3 Å². The second-order valence-electron chi connectivity index (χ2n) is 5.42. The molecule has 6 nitrogen and oxygen atoms in total. The van der Waals surface area contributed by atoms with E-state index >= 15 is 0 Å². The highest BCUT2D eigenvalue weighted by atomic mass is 32.2. The summed E-state index contributed by atoms with van der Waals surface area (Å²) in [6.45, 7) is 0.267. The number of amides is 3. The first kappa shape index (κ1) is 17.0. The van der Waals surface area contributed by atoms with Gasteiger partial charge in [0.25, 0.3) is 5.91 Å². The number of fused-ring (bicyclic) bond motifs is 1. The van der Waals surface area contributed by atoms with Crippen molar-refractivity contribution >= 4 is 35.2 Å². The zero-order valence-electron chi connectivity index (χ0n) is 13.4. The molecule has 0 atom stereocenters. The average molecular weight is 355 g/mol. The Labute approximate surface area is 149 Å². The first-order valence-corrected chi connectivity index (χ1v) is 8.80. The fraction of sp³-hybridized carbons (Fsp3) is 0.167. The first-order chi connectivity index (χ1) is 12.1. The standard InChI is InChI=1S/C18H17N3O3S/c22-16(19-20-18(24)13-6-2-1-3-7-13)10-11-21-14-8-4-5-9-15(14)25-12-17(21)23/h1-9H,10-12H2,(H,19,22)(H,20,24). The zero-order chi connectivity index (χ0) is 17.6. The van der Waals surface area contributed by atoms with Crippen LogP contribution in [0, 0.1) is 0 Å². The van der Waals surface area contributed by atoms with E-state index in [9.17, 15) is 14.4 Å². The number of thioether (sulfide) groups is 1. The van der Waals surface area contributed by atoms with Gasteiger partial charge in [-0.05, 0) is 24.3 Å². The topological polar surface area (TPSA) is 78.5 Å². The Hall–Kier alpha value is -2.80. The van der Waals surface area contributed by atoms with Gasteiger partial charge in [0.15, 0.2) is 0 Å². The minimum atomic E-state index is -0.384. The van der Waals surface area contributed by atoms with Crippen LogP contribution in [-0.4, -0.2) is 30.0 Å². The number of rotatable bonds is 4. The van der Waals surface area contributed by atoms with Crippen LogP contribution in [0.2, 0.25) is 0 Å². The lowest BCUT2D eigenvalue weighted by Gasteiger charge is -2.28. The summed E-state index contributed by atoms with van der Waals surface area (Å²) >= 11 is 1.50. The number of hydrazine groups is 1. The lowest BCUT2D eigenvalue weighted by atomic mass is 10.2. The Morgan fingerprint density at radius 3 is 2.52 bits per heavy atom. The Bertz CT molecular complexity index is 795. The normalized spacial score (nSPS) is 13.1. The molecule has 1 aliphatic rings. The second-order valence-corrected chi connectivity index (χ2v) is 6.44. The molecule has 0 fully saturated rings. The lowest BCUT2D eigenvalue weighted by molar-refractivity contribution is -0.121. The van der Waals surface area contributed by atoms with Crippen LogP contribution in [0.1, 0.15) is 16.8 Å². The van der Waals surface area contributed by atoms with Crippen molar-refractivity contribution in [2.75, 3.05) is 17.2 Å². The summed E-state index contributed by atoms with van der Waals surface area (Å²) in [6.07, 6.45) is 0.0970. The molecule has 25 heavy (non-hydrogen) atoms. The van der Waals surface area contributed by atoms with Gasteiger partial charge in [0.1, 0.15) is 0 Å². The zero-order valence-corrected chi connectivity index (χ0v) is 14.2. The summed E-state index contributed by atoms with van der Waals surface area (Å²) in [4.78, 5) is 38.6. The Morgan fingerprint density at radius 2 is 1.72 bits per heavy atom. The SMILES string of the molecule is O=C(CCN1C(=O)CSc2ccccc21)NNC(=O)c1ccccc1. The van der Waals surface area contributed by atoms with Gasteiger partial charge in [-0.25, -0.2) is 0 Å². The predicted molar refractivity (Wildman–Crippen MR) is 96.2 cm³/mol. The smallest absolute Gasteiger partial charge is 0.269 e. The van der Waals surface area contributed by atoms with Crippen molar-refractivity contribution in [1.29, 1.82) is 0 Å². The van der Waals surface area contributed by atoms with Gasteiger partial charge in [-0.1, -0.05) is 30.3 Å². The van der Waals surface area contributed by atoms with E-state index in [2.05, 4.69) is 10.9 Å². The van der Waals surface area contributed by atoms with E-state index in [0.717, 1.165) is 10.6 Å². The summed E-state index contributed by atoms with van der Waals surface area (Å²) in [5, 5.41) is 0. The molecule has 2 aromatic rings. The number of nitrogens with one attached hydrogen (secondary N) is 2. The third kappa shape index (κ3) is 4.19. The number of para-hydroxylation sites is 1. The van der Waals surface area contributed by atoms with E-state index in [1.54, 1.807) is 35.2 Å². The Morgan fingerprint density at radius 1 is 1.00 bits per heavy atom. The molecule has 0 saturated carbocycles. The van der Waals surface area contributed by atoms with Crippen molar-refractivity contribution in [2.24, 2.45) is 0 Å². The van der Waals surface area contributed by atoms with Gasteiger partial charge in [0.2, 0.25) is 11.8 Å². The summed E-state index contributed by atoms with van der Waals surface area (Å²) in [6, 6.07) is 16.2. The quantitative estimate of drug-likeness (QED) is 0.822. The fourth-order valence-corrected chi connectivity index (χ4v) is 3.40. The van der Waals surface area contributed by atoms with Crippen LogP contribution >= 0.6 is 11.8 Å². The number of carbonyl (C=O) groups is 3. The molecule has 1 heterocycles. The molecule has 0 saturated heterocycles. The highest BCUT2D eigenvalue weighted by Gasteiger charge is 2.24. The van der Waals surface area contributed by atoms with E-state index in [0.29, 0.717) is 11.3 Å². The maximum Gasteiger partial charge on any atom is 0.269 e. The molecule has 0 spiro atoms. The van der Waals surface area contributed by atoms with Gasteiger partial charge in [-0.3, -0.25) is 25.2 Å². The third-order valence-corrected chi connectivity index (χ3v) is 4.77. The van der Waals surface area contributed by atoms with E-state index < -0.39 is 0 Å². The van der Waals surface area contributed by atoms with Gasteiger partial charge in [0.05, 0.1) is 11.4 Å². The van der Waals surface area contributed by atoms with Crippen molar-refractivity contribution in [3.63, 3.8) is 0 Å². The van der Waals surface area contributed by atoms with Crippen LogP contribution in [0.4, 0.5) is 5.69 Å². The highest BCUT2D eigenvalue weighted by Crippen LogP contribution is 2.34. The van der Waals surface area contributed by atoms with Crippen LogP contribution in [0.3, 0.4) is 0 Å². The molecule has 3 amide bonds. The molecule has 3 rings (SSSR count). The first-order valence-electron chi connectivity index (χ1n) is 7.81. The van der Waals surface area contributed by atoms with Crippen molar-refractivity contribution in [1.82, 2.24) is 10.9 Å². The van der Waals surface area contributed by atoms with Crippen molar-refractivity contribution in [2.45, 2.75) is 11.3 Å². The van der Waals surface area contributed by atoms with E-state index in [1.165, 1.54) is 11.8 Å². The number of carbonyl (C=O) groups excluding carboxylic acids is 3.